The van der Waals surface area contributed by atoms with Gasteiger partial charge in [0.15, 0.2) is 0 Å². The standard InChI is InChI=1S/C17H32N2O2/c1-5-10-18-17(15-8-9-15,16(20)21-4)12-19-11-6-7-13(2)14(19)3/h13-15,18H,5-12H2,1-4H3. The van der Waals surface area contributed by atoms with E-state index in [4.69, 9.17) is 4.74 Å². The highest BCUT2D eigenvalue weighted by molar-refractivity contribution is 5.82. The topological polar surface area (TPSA) is 41.6 Å². The zero-order chi connectivity index (χ0) is 15.5. The Balaban J connectivity index is 2.15. The fourth-order valence-electron chi connectivity index (χ4n) is 3.70. The Labute approximate surface area is 129 Å². The van der Waals surface area contributed by atoms with E-state index in [-0.39, 0.29) is 5.97 Å². The van der Waals surface area contributed by atoms with Crippen molar-refractivity contribution < 1.29 is 9.53 Å². The van der Waals surface area contributed by atoms with E-state index in [1.54, 1.807) is 0 Å². The normalized spacial score (nSPS) is 29.9. The Morgan fingerprint density at radius 2 is 2.05 bits per heavy atom. The van der Waals surface area contributed by atoms with Crippen LogP contribution in [0.5, 0.6) is 0 Å². The highest BCUT2D eigenvalue weighted by atomic mass is 16.5. The van der Waals surface area contributed by atoms with Crippen molar-refractivity contribution in [3.05, 3.63) is 0 Å². The molecule has 0 aromatic carbocycles. The van der Waals surface area contributed by atoms with Crippen molar-refractivity contribution in [1.29, 1.82) is 0 Å². The fraction of sp³-hybridized carbons (Fsp3) is 0.941. The Morgan fingerprint density at radius 1 is 1.33 bits per heavy atom. The van der Waals surface area contributed by atoms with Gasteiger partial charge in [0, 0.05) is 12.6 Å². The number of rotatable bonds is 7. The lowest BCUT2D eigenvalue weighted by Gasteiger charge is -2.44. The number of ether oxygens (including phenoxy) is 1. The lowest BCUT2D eigenvalue weighted by atomic mass is 9.87. The van der Waals surface area contributed by atoms with Gasteiger partial charge in [-0.1, -0.05) is 13.8 Å². The molecule has 4 nitrogen and oxygen atoms in total. The van der Waals surface area contributed by atoms with Crippen LogP contribution in [0.3, 0.4) is 0 Å². The van der Waals surface area contributed by atoms with Gasteiger partial charge in [-0.15, -0.1) is 0 Å². The molecule has 3 unspecified atom stereocenters. The van der Waals surface area contributed by atoms with E-state index >= 15 is 0 Å². The number of esters is 1. The molecule has 1 saturated carbocycles. The van der Waals surface area contributed by atoms with Crippen LogP contribution < -0.4 is 5.32 Å². The van der Waals surface area contributed by atoms with Crippen molar-refractivity contribution in [3.8, 4) is 0 Å². The summed E-state index contributed by atoms with van der Waals surface area (Å²) in [7, 11) is 1.52. The molecular formula is C17H32N2O2. The number of carbonyl (C=O) groups is 1. The summed E-state index contributed by atoms with van der Waals surface area (Å²) >= 11 is 0. The van der Waals surface area contributed by atoms with Crippen LogP contribution >= 0.6 is 0 Å². The number of hydrogen-bond acceptors (Lipinski definition) is 4. The van der Waals surface area contributed by atoms with E-state index < -0.39 is 5.54 Å². The van der Waals surface area contributed by atoms with Crippen LogP contribution in [-0.2, 0) is 9.53 Å². The van der Waals surface area contributed by atoms with Crippen LogP contribution in [0, 0.1) is 11.8 Å². The summed E-state index contributed by atoms with van der Waals surface area (Å²) in [6.07, 6.45) is 5.86. The molecular weight excluding hydrogens is 264 g/mol. The van der Waals surface area contributed by atoms with Gasteiger partial charge in [-0.3, -0.25) is 4.90 Å². The molecule has 0 aromatic heterocycles. The molecule has 3 atom stereocenters. The van der Waals surface area contributed by atoms with Gasteiger partial charge in [0.25, 0.3) is 0 Å². The first-order valence-corrected chi connectivity index (χ1v) is 8.62. The first-order chi connectivity index (χ1) is 10.0. The summed E-state index contributed by atoms with van der Waals surface area (Å²) in [6.45, 7) is 9.56. The van der Waals surface area contributed by atoms with E-state index in [0.717, 1.165) is 38.9 Å². The van der Waals surface area contributed by atoms with E-state index in [0.29, 0.717) is 17.9 Å². The third-order valence-corrected chi connectivity index (χ3v) is 5.47. The SMILES string of the molecule is CCCNC(CN1CCCC(C)C1C)(C(=O)OC)C1CC1. The van der Waals surface area contributed by atoms with Crippen LogP contribution in [0.2, 0.25) is 0 Å². The zero-order valence-electron chi connectivity index (χ0n) is 14.2. The van der Waals surface area contributed by atoms with Crippen LogP contribution in [0.25, 0.3) is 0 Å². The van der Waals surface area contributed by atoms with Crippen LogP contribution in [-0.4, -0.2) is 49.2 Å². The molecule has 2 aliphatic rings. The second-order valence-electron chi connectivity index (χ2n) is 6.99. The van der Waals surface area contributed by atoms with Gasteiger partial charge in [-0.2, -0.15) is 0 Å². The first kappa shape index (κ1) is 16.8. The molecule has 0 spiro atoms. The number of methoxy groups -OCH3 is 1. The van der Waals surface area contributed by atoms with Gasteiger partial charge in [0.05, 0.1) is 7.11 Å². The number of carbonyl (C=O) groups excluding carboxylic acids is 1. The maximum Gasteiger partial charge on any atom is 0.327 e. The minimum Gasteiger partial charge on any atom is -0.468 e. The third kappa shape index (κ3) is 3.59. The molecule has 0 aromatic rings. The van der Waals surface area contributed by atoms with Crippen LogP contribution in [0.4, 0.5) is 0 Å². The van der Waals surface area contributed by atoms with Gasteiger partial charge in [-0.05, 0) is 64.0 Å². The monoisotopic (exact) mass is 296 g/mol. The fourth-order valence-corrected chi connectivity index (χ4v) is 3.70. The molecule has 21 heavy (non-hydrogen) atoms. The molecule has 1 N–H and O–H groups in total. The van der Waals surface area contributed by atoms with E-state index in [2.05, 4.69) is 31.0 Å². The van der Waals surface area contributed by atoms with Crippen molar-refractivity contribution in [2.24, 2.45) is 11.8 Å². The van der Waals surface area contributed by atoms with E-state index in [1.807, 2.05) is 0 Å². The van der Waals surface area contributed by atoms with E-state index in [1.165, 1.54) is 20.0 Å². The molecule has 2 fully saturated rings. The Morgan fingerprint density at radius 3 is 2.62 bits per heavy atom. The lowest BCUT2D eigenvalue weighted by Crippen LogP contribution is -2.63. The molecule has 1 aliphatic carbocycles. The number of nitrogens with one attached hydrogen (secondary N) is 1. The Bertz CT molecular complexity index is 357. The van der Waals surface area contributed by atoms with Gasteiger partial charge in [0.2, 0.25) is 0 Å². The van der Waals surface area contributed by atoms with Gasteiger partial charge < -0.3 is 10.1 Å². The predicted octanol–water partition coefficient (Wildman–Crippen LogP) is 2.43. The van der Waals surface area contributed by atoms with Crippen molar-refractivity contribution in [2.75, 3.05) is 26.7 Å². The Hall–Kier alpha value is -0.610. The largest absolute Gasteiger partial charge is 0.468 e. The second-order valence-corrected chi connectivity index (χ2v) is 6.99. The van der Waals surface area contributed by atoms with Gasteiger partial charge in [-0.25, -0.2) is 4.79 Å². The minimum absolute atomic E-state index is 0.0659. The summed E-state index contributed by atoms with van der Waals surface area (Å²) in [5, 5.41) is 3.56. The molecule has 0 amide bonds. The summed E-state index contributed by atoms with van der Waals surface area (Å²) in [6, 6.07) is 0.546. The quantitative estimate of drug-likeness (QED) is 0.733. The predicted molar refractivity (Wildman–Crippen MR) is 85.2 cm³/mol. The number of piperidine rings is 1. The molecule has 2 rings (SSSR count). The summed E-state index contributed by atoms with van der Waals surface area (Å²) in [5.41, 5.74) is -0.490. The van der Waals surface area contributed by atoms with Gasteiger partial charge >= 0.3 is 5.97 Å². The molecule has 0 bridgehead atoms. The van der Waals surface area contributed by atoms with Crippen LogP contribution in [0.1, 0.15) is 52.9 Å². The minimum atomic E-state index is -0.490. The average molecular weight is 296 g/mol. The lowest BCUT2D eigenvalue weighted by molar-refractivity contribution is -0.151. The van der Waals surface area contributed by atoms with Crippen molar-refractivity contribution in [1.82, 2.24) is 10.2 Å². The number of likely N-dealkylation sites (tertiary alicyclic amines) is 1. The van der Waals surface area contributed by atoms with Crippen molar-refractivity contribution >= 4 is 5.97 Å². The molecule has 122 valence electrons. The number of nitrogens with zero attached hydrogens (tertiary/aromatic N) is 1. The van der Waals surface area contributed by atoms with Crippen molar-refractivity contribution in [2.45, 2.75) is 64.5 Å². The summed E-state index contributed by atoms with van der Waals surface area (Å²) < 4.78 is 5.19. The zero-order valence-corrected chi connectivity index (χ0v) is 14.2. The maximum absolute atomic E-state index is 12.6. The average Bonchev–Trinajstić information content (AvgIpc) is 3.32. The maximum atomic E-state index is 12.6. The highest BCUT2D eigenvalue weighted by Crippen LogP contribution is 2.42. The summed E-state index contributed by atoms with van der Waals surface area (Å²) in [5.74, 6) is 1.09. The smallest absolute Gasteiger partial charge is 0.327 e. The molecule has 1 aliphatic heterocycles. The molecule has 1 saturated heterocycles. The molecule has 4 heteroatoms. The van der Waals surface area contributed by atoms with Crippen molar-refractivity contribution in [3.63, 3.8) is 0 Å². The van der Waals surface area contributed by atoms with Crippen LogP contribution in [0.15, 0.2) is 0 Å². The Kier molecular flexibility index (Phi) is 5.67. The first-order valence-electron chi connectivity index (χ1n) is 8.62. The van der Waals surface area contributed by atoms with E-state index in [9.17, 15) is 4.79 Å². The number of hydrogen-bond donors (Lipinski definition) is 1. The molecule has 1 heterocycles. The van der Waals surface area contributed by atoms with Gasteiger partial charge in [0.1, 0.15) is 5.54 Å². The second kappa shape index (κ2) is 7.10. The summed E-state index contributed by atoms with van der Waals surface area (Å²) in [4.78, 5) is 15.1. The molecule has 0 radical (unpaired) electrons. The third-order valence-electron chi connectivity index (χ3n) is 5.47. The highest BCUT2D eigenvalue weighted by Gasteiger charge is 2.53.